The lowest BCUT2D eigenvalue weighted by Crippen LogP contribution is -2.32. The Kier molecular flexibility index (Phi) is 6.03. The predicted molar refractivity (Wildman–Crippen MR) is 94.2 cm³/mol. The molecule has 2 aromatic rings. The van der Waals surface area contributed by atoms with Crippen LogP contribution in [-0.4, -0.2) is 19.2 Å². The number of carbonyl (C=O) groups is 1. The van der Waals surface area contributed by atoms with Crippen LogP contribution in [0.3, 0.4) is 0 Å². The number of benzene rings is 2. The highest BCUT2D eigenvalue weighted by Crippen LogP contribution is 2.18. The number of rotatable bonds is 6. The molecule has 4 heteroatoms. The fourth-order valence-electron chi connectivity index (χ4n) is 2.19. The van der Waals surface area contributed by atoms with E-state index in [1.165, 1.54) is 5.56 Å². The maximum absolute atomic E-state index is 11.9. The molecule has 2 N–H and O–H groups in total. The van der Waals surface area contributed by atoms with Crippen LogP contribution in [0.2, 0.25) is 0 Å². The molecule has 0 atom stereocenters. The summed E-state index contributed by atoms with van der Waals surface area (Å²) >= 11 is 0. The number of urea groups is 1. The summed E-state index contributed by atoms with van der Waals surface area (Å²) in [4.78, 5) is 11.9. The van der Waals surface area contributed by atoms with E-state index in [0.717, 1.165) is 17.0 Å². The van der Waals surface area contributed by atoms with E-state index >= 15 is 0 Å². The molecule has 0 spiro atoms. The minimum atomic E-state index is -0.223. The van der Waals surface area contributed by atoms with Gasteiger partial charge in [-0.3, -0.25) is 0 Å². The molecule has 0 bridgehead atoms. The number of nitrogens with one attached hydrogen (secondary N) is 2. The van der Waals surface area contributed by atoms with Gasteiger partial charge in [0.2, 0.25) is 0 Å². The molecule has 0 saturated heterocycles. The molecular formula is C19H24N2O2. The molecule has 0 fully saturated rings. The predicted octanol–water partition coefficient (Wildman–Crippen LogP) is 4.32. The van der Waals surface area contributed by atoms with Crippen LogP contribution < -0.4 is 15.4 Å². The van der Waals surface area contributed by atoms with Crippen molar-refractivity contribution in [3.8, 4) is 5.75 Å². The summed E-state index contributed by atoms with van der Waals surface area (Å²) in [5, 5.41) is 5.63. The van der Waals surface area contributed by atoms with Crippen molar-refractivity contribution in [3.63, 3.8) is 0 Å². The second kappa shape index (κ2) is 8.22. The summed E-state index contributed by atoms with van der Waals surface area (Å²) in [6.07, 6.45) is 0. The molecule has 0 aromatic heterocycles. The summed E-state index contributed by atoms with van der Waals surface area (Å²) in [6, 6.07) is 15.5. The van der Waals surface area contributed by atoms with E-state index in [-0.39, 0.29) is 6.03 Å². The second-order valence-electron chi connectivity index (χ2n) is 5.83. The standard InChI is InChI=1S/C19H24N2O2/c1-14(2)16-7-5-8-17(13-16)21-19(22)20-10-11-23-18-9-4-6-15(3)12-18/h4-9,12-14H,10-11H2,1-3H3,(H2,20,21,22). The fraction of sp³-hybridized carbons (Fsp3) is 0.316. The highest BCUT2D eigenvalue weighted by molar-refractivity contribution is 5.89. The van der Waals surface area contributed by atoms with Crippen LogP contribution in [0.5, 0.6) is 5.75 Å². The summed E-state index contributed by atoms with van der Waals surface area (Å²) in [6.45, 7) is 7.15. The van der Waals surface area contributed by atoms with Crippen molar-refractivity contribution >= 4 is 11.7 Å². The van der Waals surface area contributed by atoms with Gasteiger partial charge in [-0.15, -0.1) is 0 Å². The summed E-state index contributed by atoms with van der Waals surface area (Å²) in [7, 11) is 0. The van der Waals surface area contributed by atoms with Crippen LogP contribution >= 0.6 is 0 Å². The lowest BCUT2D eigenvalue weighted by Gasteiger charge is -2.11. The molecule has 122 valence electrons. The average Bonchev–Trinajstić information content (AvgIpc) is 2.52. The molecule has 2 amide bonds. The zero-order chi connectivity index (χ0) is 16.7. The molecule has 0 aliphatic heterocycles. The Morgan fingerprint density at radius 3 is 2.65 bits per heavy atom. The van der Waals surface area contributed by atoms with Gasteiger partial charge in [0.25, 0.3) is 0 Å². The first kappa shape index (κ1) is 16.9. The van der Waals surface area contributed by atoms with Gasteiger partial charge in [-0.25, -0.2) is 4.79 Å². The normalized spacial score (nSPS) is 10.4. The van der Waals surface area contributed by atoms with E-state index in [9.17, 15) is 4.79 Å². The Bertz CT molecular complexity index is 653. The first-order chi connectivity index (χ1) is 11.0. The number of anilines is 1. The van der Waals surface area contributed by atoms with Crippen molar-refractivity contribution < 1.29 is 9.53 Å². The number of hydrogen-bond acceptors (Lipinski definition) is 2. The fourth-order valence-corrected chi connectivity index (χ4v) is 2.19. The van der Waals surface area contributed by atoms with Gasteiger partial charge in [0.1, 0.15) is 12.4 Å². The van der Waals surface area contributed by atoms with Gasteiger partial charge < -0.3 is 15.4 Å². The topological polar surface area (TPSA) is 50.4 Å². The number of aryl methyl sites for hydroxylation is 1. The Morgan fingerprint density at radius 2 is 1.91 bits per heavy atom. The van der Waals surface area contributed by atoms with E-state index in [1.54, 1.807) is 0 Å². The maximum atomic E-state index is 11.9. The van der Waals surface area contributed by atoms with E-state index < -0.39 is 0 Å². The number of hydrogen-bond donors (Lipinski definition) is 2. The molecular weight excluding hydrogens is 288 g/mol. The van der Waals surface area contributed by atoms with Gasteiger partial charge in [0, 0.05) is 5.69 Å². The highest BCUT2D eigenvalue weighted by Gasteiger charge is 2.04. The third-order valence-corrected chi connectivity index (χ3v) is 3.46. The summed E-state index contributed by atoms with van der Waals surface area (Å²) < 4.78 is 5.60. The molecule has 0 radical (unpaired) electrons. The number of amides is 2. The van der Waals surface area contributed by atoms with Crippen LogP contribution in [0.25, 0.3) is 0 Å². The van der Waals surface area contributed by atoms with E-state index in [2.05, 4.69) is 30.5 Å². The third-order valence-electron chi connectivity index (χ3n) is 3.46. The van der Waals surface area contributed by atoms with Gasteiger partial charge >= 0.3 is 6.03 Å². The van der Waals surface area contributed by atoms with Crippen molar-refractivity contribution in [1.82, 2.24) is 5.32 Å². The SMILES string of the molecule is Cc1cccc(OCCNC(=O)Nc2cccc(C(C)C)c2)c1. The van der Waals surface area contributed by atoms with Crippen molar-refractivity contribution in [2.75, 3.05) is 18.5 Å². The second-order valence-corrected chi connectivity index (χ2v) is 5.83. The Morgan fingerprint density at radius 1 is 1.13 bits per heavy atom. The molecule has 2 rings (SSSR count). The maximum Gasteiger partial charge on any atom is 0.319 e. The molecule has 0 aliphatic carbocycles. The smallest absolute Gasteiger partial charge is 0.319 e. The Balaban J connectivity index is 1.74. The Hall–Kier alpha value is -2.49. The van der Waals surface area contributed by atoms with Gasteiger partial charge in [-0.2, -0.15) is 0 Å². The van der Waals surface area contributed by atoms with Crippen LogP contribution in [0.1, 0.15) is 30.9 Å². The molecule has 0 saturated carbocycles. The van der Waals surface area contributed by atoms with E-state index in [4.69, 9.17) is 4.74 Å². The van der Waals surface area contributed by atoms with Crippen LogP contribution in [-0.2, 0) is 0 Å². The lowest BCUT2D eigenvalue weighted by molar-refractivity contribution is 0.247. The van der Waals surface area contributed by atoms with Gasteiger partial charge in [-0.05, 0) is 48.2 Å². The van der Waals surface area contributed by atoms with Gasteiger partial charge in [-0.1, -0.05) is 38.1 Å². The van der Waals surface area contributed by atoms with Gasteiger partial charge in [0.05, 0.1) is 6.54 Å². The van der Waals surface area contributed by atoms with Crippen LogP contribution in [0.15, 0.2) is 48.5 Å². The first-order valence-corrected chi connectivity index (χ1v) is 7.89. The minimum absolute atomic E-state index is 0.223. The van der Waals surface area contributed by atoms with Crippen molar-refractivity contribution in [1.29, 1.82) is 0 Å². The van der Waals surface area contributed by atoms with Crippen LogP contribution in [0, 0.1) is 6.92 Å². The first-order valence-electron chi connectivity index (χ1n) is 7.89. The number of carbonyl (C=O) groups excluding carboxylic acids is 1. The largest absolute Gasteiger partial charge is 0.492 e. The highest BCUT2D eigenvalue weighted by atomic mass is 16.5. The van der Waals surface area contributed by atoms with Crippen LogP contribution in [0.4, 0.5) is 10.5 Å². The average molecular weight is 312 g/mol. The zero-order valence-electron chi connectivity index (χ0n) is 13.9. The summed E-state index contributed by atoms with van der Waals surface area (Å²) in [5.74, 6) is 1.25. The molecule has 4 nitrogen and oxygen atoms in total. The van der Waals surface area contributed by atoms with Crippen molar-refractivity contribution in [2.24, 2.45) is 0 Å². The molecule has 0 unspecified atom stereocenters. The molecule has 0 aliphatic rings. The number of ether oxygens (including phenoxy) is 1. The Labute approximate surface area is 137 Å². The van der Waals surface area contributed by atoms with Gasteiger partial charge in [0.15, 0.2) is 0 Å². The van der Waals surface area contributed by atoms with Crippen molar-refractivity contribution in [2.45, 2.75) is 26.7 Å². The van der Waals surface area contributed by atoms with E-state index in [1.807, 2.05) is 49.4 Å². The minimum Gasteiger partial charge on any atom is -0.492 e. The summed E-state index contributed by atoms with van der Waals surface area (Å²) in [5.41, 5.74) is 3.15. The van der Waals surface area contributed by atoms with Crippen molar-refractivity contribution in [3.05, 3.63) is 59.7 Å². The molecule has 0 heterocycles. The molecule has 23 heavy (non-hydrogen) atoms. The molecule has 2 aromatic carbocycles. The zero-order valence-corrected chi connectivity index (χ0v) is 13.9. The monoisotopic (exact) mass is 312 g/mol. The third kappa shape index (κ3) is 5.66. The lowest BCUT2D eigenvalue weighted by atomic mass is 10.0. The quantitative estimate of drug-likeness (QED) is 0.781. The van der Waals surface area contributed by atoms with E-state index in [0.29, 0.717) is 19.1 Å².